The fourth-order valence-electron chi connectivity index (χ4n) is 0.864. The van der Waals surface area contributed by atoms with Gasteiger partial charge in [-0.2, -0.15) is 0 Å². The molecule has 1 aromatic carbocycles. The molecule has 1 radical (unpaired) electrons. The second-order valence-electron chi connectivity index (χ2n) is 2.17. The van der Waals surface area contributed by atoms with E-state index < -0.39 is 0 Å². The van der Waals surface area contributed by atoms with Gasteiger partial charge >= 0.3 is 0 Å². The van der Waals surface area contributed by atoms with Gasteiger partial charge in [0.2, 0.25) is 5.75 Å². The lowest BCUT2D eigenvalue weighted by Crippen LogP contribution is -1.85. The van der Waals surface area contributed by atoms with E-state index in [9.17, 15) is 0 Å². The minimum atomic E-state index is -0.0995. The Balaban J connectivity index is 3.25. The maximum absolute atomic E-state index is 9.15. The highest BCUT2D eigenvalue weighted by Gasteiger charge is 2.07. The molecule has 0 saturated carbocycles. The molecule has 0 unspecified atom stereocenters. The average molecular weight is 153 g/mol. The summed E-state index contributed by atoms with van der Waals surface area (Å²) in [5.74, 6) is -0.118. The molecule has 0 atom stereocenters. The predicted octanol–water partition coefficient (Wildman–Crippen LogP) is 1.29. The van der Waals surface area contributed by atoms with Gasteiger partial charge in [0, 0.05) is 0 Å². The zero-order valence-corrected chi connectivity index (χ0v) is 6.16. The monoisotopic (exact) mass is 153 g/mol. The smallest absolute Gasteiger partial charge is 0.202 e. The van der Waals surface area contributed by atoms with E-state index in [0.29, 0.717) is 5.56 Å². The first-order chi connectivity index (χ1) is 5.15. The largest absolute Gasteiger partial charge is 0.504 e. The van der Waals surface area contributed by atoms with Crippen molar-refractivity contribution >= 4 is 0 Å². The lowest BCUT2D eigenvalue weighted by Gasteiger charge is -2.05. The number of hydrogen-bond donors (Lipinski definition) is 2. The molecule has 1 rings (SSSR count). The lowest BCUT2D eigenvalue weighted by atomic mass is 10.2. The van der Waals surface area contributed by atoms with Crippen LogP contribution in [0.3, 0.4) is 0 Å². The molecule has 0 aliphatic carbocycles. The van der Waals surface area contributed by atoms with Crippen molar-refractivity contribution in [2.24, 2.45) is 0 Å². The van der Waals surface area contributed by atoms with E-state index >= 15 is 0 Å². The van der Waals surface area contributed by atoms with Crippen LogP contribution in [0.1, 0.15) is 5.56 Å². The summed E-state index contributed by atoms with van der Waals surface area (Å²) in [6.45, 7) is 3.54. The van der Waals surface area contributed by atoms with E-state index in [2.05, 4.69) is 6.92 Å². The molecule has 1 aromatic rings. The second-order valence-corrected chi connectivity index (χ2v) is 2.17. The summed E-state index contributed by atoms with van der Waals surface area (Å²) >= 11 is 0. The third-order valence-corrected chi connectivity index (χ3v) is 1.31. The van der Waals surface area contributed by atoms with Crippen molar-refractivity contribution in [1.82, 2.24) is 0 Å². The van der Waals surface area contributed by atoms with Crippen molar-refractivity contribution in [1.29, 1.82) is 0 Å². The summed E-state index contributed by atoms with van der Waals surface area (Å²) < 4.78 is 4.70. The van der Waals surface area contributed by atoms with Gasteiger partial charge in [0.15, 0.2) is 11.5 Å². The van der Waals surface area contributed by atoms with E-state index in [1.54, 1.807) is 0 Å². The summed E-state index contributed by atoms with van der Waals surface area (Å²) in [5.41, 5.74) is 0.542. The van der Waals surface area contributed by atoms with Gasteiger partial charge in [0.25, 0.3) is 0 Å². The number of hydrogen-bond acceptors (Lipinski definition) is 3. The van der Waals surface area contributed by atoms with E-state index in [4.69, 9.17) is 14.9 Å². The molecule has 59 valence electrons. The SMILES string of the molecule is [CH2]c1cc(O)c(OC)c(O)c1. The van der Waals surface area contributed by atoms with E-state index in [-0.39, 0.29) is 17.2 Å². The summed E-state index contributed by atoms with van der Waals surface area (Å²) in [6.07, 6.45) is 0. The highest BCUT2D eigenvalue weighted by molar-refractivity contribution is 5.52. The van der Waals surface area contributed by atoms with Crippen LogP contribution in [0.2, 0.25) is 0 Å². The molecule has 11 heavy (non-hydrogen) atoms. The van der Waals surface area contributed by atoms with Gasteiger partial charge in [-0.05, 0) is 24.6 Å². The highest BCUT2D eigenvalue weighted by Crippen LogP contribution is 2.35. The number of aromatic hydroxyl groups is 2. The third kappa shape index (κ3) is 1.37. The maximum Gasteiger partial charge on any atom is 0.202 e. The topological polar surface area (TPSA) is 49.7 Å². The Bertz CT molecular complexity index is 245. The van der Waals surface area contributed by atoms with Gasteiger partial charge in [-0.25, -0.2) is 0 Å². The Labute approximate surface area is 64.9 Å². The van der Waals surface area contributed by atoms with Crippen LogP contribution in [0.5, 0.6) is 17.2 Å². The molecule has 0 heterocycles. The molecule has 0 aromatic heterocycles. The summed E-state index contributed by atoms with van der Waals surface area (Å²) in [5, 5.41) is 18.3. The number of phenolic OH excluding ortho intramolecular Hbond substituents is 2. The molecule has 0 aliphatic heterocycles. The first-order valence-corrected chi connectivity index (χ1v) is 3.07. The summed E-state index contributed by atoms with van der Waals surface area (Å²) in [6, 6.07) is 2.83. The quantitative estimate of drug-likeness (QED) is 0.639. The lowest BCUT2D eigenvalue weighted by molar-refractivity contribution is 0.344. The average Bonchev–Trinajstić information content (AvgIpc) is 1.85. The van der Waals surface area contributed by atoms with Crippen molar-refractivity contribution in [3.05, 3.63) is 24.6 Å². The van der Waals surface area contributed by atoms with Crippen LogP contribution < -0.4 is 4.74 Å². The fraction of sp³-hybridized carbons (Fsp3) is 0.125. The van der Waals surface area contributed by atoms with Crippen LogP contribution in [0.25, 0.3) is 0 Å². The Morgan fingerprint density at radius 2 is 1.73 bits per heavy atom. The van der Waals surface area contributed by atoms with Crippen LogP contribution >= 0.6 is 0 Å². The number of ether oxygens (including phenoxy) is 1. The van der Waals surface area contributed by atoms with E-state index in [0.717, 1.165) is 0 Å². The van der Waals surface area contributed by atoms with Gasteiger partial charge in [-0.3, -0.25) is 0 Å². The minimum Gasteiger partial charge on any atom is -0.504 e. The molecule has 0 saturated heterocycles. The first kappa shape index (κ1) is 7.72. The van der Waals surface area contributed by atoms with Crippen molar-refractivity contribution in [2.45, 2.75) is 0 Å². The minimum absolute atomic E-state index is 0.0809. The zero-order chi connectivity index (χ0) is 8.43. The number of phenols is 2. The van der Waals surface area contributed by atoms with Crippen LogP contribution in [-0.2, 0) is 0 Å². The molecule has 0 fully saturated rings. The van der Waals surface area contributed by atoms with Crippen LogP contribution in [0.4, 0.5) is 0 Å². The Hall–Kier alpha value is -1.38. The normalized spacial score (nSPS) is 9.64. The van der Waals surface area contributed by atoms with E-state index in [1.807, 2.05) is 0 Å². The molecule has 0 bridgehead atoms. The zero-order valence-electron chi connectivity index (χ0n) is 6.16. The van der Waals surface area contributed by atoms with Crippen LogP contribution in [0, 0.1) is 6.92 Å². The van der Waals surface area contributed by atoms with Crippen LogP contribution in [0.15, 0.2) is 12.1 Å². The van der Waals surface area contributed by atoms with Gasteiger partial charge in [0.05, 0.1) is 7.11 Å². The van der Waals surface area contributed by atoms with Crippen molar-refractivity contribution in [2.75, 3.05) is 7.11 Å². The Morgan fingerprint density at radius 1 is 1.27 bits per heavy atom. The molecular weight excluding hydrogens is 144 g/mol. The molecule has 3 heteroatoms. The second kappa shape index (κ2) is 2.70. The Morgan fingerprint density at radius 3 is 2.09 bits per heavy atom. The fourth-order valence-corrected chi connectivity index (χ4v) is 0.864. The maximum atomic E-state index is 9.15. The van der Waals surface area contributed by atoms with Crippen molar-refractivity contribution < 1.29 is 14.9 Å². The van der Waals surface area contributed by atoms with Crippen LogP contribution in [-0.4, -0.2) is 17.3 Å². The van der Waals surface area contributed by atoms with Gasteiger partial charge < -0.3 is 14.9 Å². The molecular formula is C8H9O3. The summed E-state index contributed by atoms with van der Waals surface area (Å²) in [7, 11) is 1.37. The predicted molar refractivity (Wildman–Crippen MR) is 40.8 cm³/mol. The number of rotatable bonds is 1. The van der Waals surface area contributed by atoms with Gasteiger partial charge in [-0.1, -0.05) is 0 Å². The highest BCUT2D eigenvalue weighted by atomic mass is 16.5. The van der Waals surface area contributed by atoms with Crippen molar-refractivity contribution in [3.63, 3.8) is 0 Å². The van der Waals surface area contributed by atoms with Crippen molar-refractivity contribution in [3.8, 4) is 17.2 Å². The standard InChI is InChI=1S/C8H9O3/c1-5-3-6(9)8(11-2)7(10)4-5/h3-4,9-10H,1H2,2H3. The van der Waals surface area contributed by atoms with Gasteiger partial charge in [-0.15, -0.1) is 0 Å². The molecule has 2 N–H and O–H groups in total. The third-order valence-electron chi connectivity index (χ3n) is 1.31. The molecule has 3 nitrogen and oxygen atoms in total. The number of methoxy groups -OCH3 is 1. The molecule has 0 spiro atoms. The first-order valence-electron chi connectivity index (χ1n) is 3.07. The molecule has 0 aliphatic rings. The van der Waals surface area contributed by atoms with E-state index in [1.165, 1.54) is 19.2 Å². The molecule has 0 amide bonds. The Kier molecular flexibility index (Phi) is 1.89. The number of benzene rings is 1. The summed E-state index contributed by atoms with van der Waals surface area (Å²) in [4.78, 5) is 0. The van der Waals surface area contributed by atoms with Gasteiger partial charge in [0.1, 0.15) is 0 Å².